The summed E-state index contributed by atoms with van der Waals surface area (Å²) in [7, 11) is 0. The van der Waals surface area contributed by atoms with Crippen LogP contribution in [0.1, 0.15) is 413 Å². The van der Waals surface area contributed by atoms with Gasteiger partial charge in [-0.25, -0.2) is 9.59 Å². The maximum Gasteiger partial charge on any atom is 0.330 e. The molecule has 0 aromatic carbocycles. The summed E-state index contributed by atoms with van der Waals surface area (Å²) in [5.41, 5.74) is 0. The minimum absolute atomic E-state index is 0.0667. The monoisotopic (exact) mass is 1350 g/mol. The Morgan fingerprint density at radius 2 is 0.448 bits per heavy atom. The quantitative estimate of drug-likeness (QED) is 0.0259. The Labute approximate surface area is 592 Å². The fourth-order valence-corrected chi connectivity index (χ4v) is 14.2. The molecule has 0 rings (SSSR count). The van der Waals surface area contributed by atoms with E-state index in [1.807, 2.05) is 0 Å². The first-order chi connectivity index (χ1) is 47.0. The standard InChI is InChI=1S/C84H156N2O10/c1-7-13-17-21-33-45-57-75(77(59-47-35-23-19-15-9-3)63-51-39-27-31-43-55-67-83(91)95-73-71-93-81(89)11-5)61-49-37-25-29-41-53-65-79(87)85-69-70-86-80(88)66-54-42-30-26-38-50-62-76(58-46-34-22-18-14-8-2)78(60-48-36-24-20-16-10-4)64-52-40-28-32-44-56-68-84(92)96-74-72-94-82(90)12-6/h11-12,75-78H,5-10,13-74H2,1-4H3,(H,85,87)(H,86,88). The average molecular weight is 1350 g/mol. The molecule has 4 atom stereocenters. The van der Waals surface area contributed by atoms with Crippen molar-refractivity contribution in [2.24, 2.45) is 23.7 Å². The van der Waals surface area contributed by atoms with Crippen LogP contribution in [0, 0.1) is 23.7 Å². The fourth-order valence-electron chi connectivity index (χ4n) is 14.2. The van der Waals surface area contributed by atoms with Crippen LogP contribution in [0.5, 0.6) is 0 Å². The van der Waals surface area contributed by atoms with Crippen molar-refractivity contribution in [1.29, 1.82) is 0 Å². The summed E-state index contributed by atoms with van der Waals surface area (Å²) in [5, 5.41) is 6.11. The lowest BCUT2D eigenvalue weighted by Crippen LogP contribution is -2.34. The Hall–Kier alpha value is -3.70. The van der Waals surface area contributed by atoms with E-state index in [1.165, 1.54) is 295 Å². The highest BCUT2D eigenvalue weighted by Gasteiger charge is 2.23. The Balaban J connectivity index is 4.78. The van der Waals surface area contributed by atoms with Crippen molar-refractivity contribution in [3.8, 4) is 0 Å². The summed E-state index contributed by atoms with van der Waals surface area (Å²) in [6.45, 7) is 17.3. The smallest absolute Gasteiger partial charge is 0.330 e. The van der Waals surface area contributed by atoms with Gasteiger partial charge in [-0.2, -0.15) is 0 Å². The van der Waals surface area contributed by atoms with Crippen LogP contribution in [0.15, 0.2) is 25.3 Å². The van der Waals surface area contributed by atoms with Crippen molar-refractivity contribution in [2.75, 3.05) is 39.5 Å². The fraction of sp³-hybridized carbons (Fsp3) is 0.881. The number of ether oxygens (including phenoxy) is 4. The van der Waals surface area contributed by atoms with Crippen LogP contribution in [-0.2, 0) is 47.7 Å². The second-order valence-corrected chi connectivity index (χ2v) is 28.8. The molecule has 0 aliphatic carbocycles. The van der Waals surface area contributed by atoms with Gasteiger partial charge in [0, 0.05) is 50.9 Å². The third kappa shape index (κ3) is 64.9. The van der Waals surface area contributed by atoms with E-state index in [9.17, 15) is 28.8 Å². The molecule has 0 bridgehead atoms. The molecule has 96 heavy (non-hydrogen) atoms. The van der Waals surface area contributed by atoms with Gasteiger partial charge in [0.2, 0.25) is 11.8 Å². The number of hydrogen-bond acceptors (Lipinski definition) is 10. The topological polar surface area (TPSA) is 163 Å². The molecule has 0 aliphatic rings. The van der Waals surface area contributed by atoms with Gasteiger partial charge in [0.05, 0.1) is 0 Å². The maximum absolute atomic E-state index is 12.7. The highest BCUT2D eigenvalue weighted by Crippen LogP contribution is 2.36. The van der Waals surface area contributed by atoms with Crippen LogP contribution in [-0.4, -0.2) is 75.2 Å². The summed E-state index contributed by atoms with van der Waals surface area (Å²) in [4.78, 5) is 72.0. The molecule has 0 aromatic heterocycles. The normalized spacial score (nSPS) is 12.6. The SMILES string of the molecule is C=CC(=O)OCCOC(=O)CCCCCCCCC(CCCCCCCC)C(CCCCCCCC)CCCCCCCCC(=O)NCCNC(=O)CCCCCCCCC(CCCCCCCC)C(CCCCCCCC)CCCCCCCCC(=O)OCCOC(=O)C=C. The second-order valence-electron chi connectivity index (χ2n) is 28.8. The van der Waals surface area contributed by atoms with E-state index in [1.54, 1.807) is 0 Å². The third-order valence-corrected chi connectivity index (χ3v) is 20.2. The lowest BCUT2D eigenvalue weighted by molar-refractivity contribution is -0.149. The molecule has 0 saturated carbocycles. The van der Waals surface area contributed by atoms with Gasteiger partial charge in [-0.05, 0) is 49.4 Å². The number of unbranched alkanes of at least 4 members (excludes halogenated alkanes) is 40. The number of esters is 4. The molecule has 0 spiro atoms. The average Bonchev–Trinajstić information content (AvgIpc) is 2.75. The van der Waals surface area contributed by atoms with Crippen molar-refractivity contribution < 1.29 is 47.7 Å². The molecule has 12 nitrogen and oxygen atoms in total. The van der Waals surface area contributed by atoms with Crippen LogP contribution < -0.4 is 10.6 Å². The van der Waals surface area contributed by atoms with Crippen LogP contribution in [0.4, 0.5) is 0 Å². The predicted octanol–water partition coefficient (Wildman–Crippen LogP) is 23.7. The van der Waals surface area contributed by atoms with Gasteiger partial charge in [-0.3, -0.25) is 19.2 Å². The maximum atomic E-state index is 12.7. The molecule has 4 unspecified atom stereocenters. The number of rotatable bonds is 77. The first-order valence-electron chi connectivity index (χ1n) is 41.5. The lowest BCUT2D eigenvalue weighted by atomic mass is 9.78. The Kier molecular flexibility index (Phi) is 71.1. The zero-order valence-electron chi connectivity index (χ0n) is 63.6. The van der Waals surface area contributed by atoms with Crippen LogP contribution in [0.25, 0.3) is 0 Å². The van der Waals surface area contributed by atoms with Gasteiger partial charge >= 0.3 is 23.9 Å². The van der Waals surface area contributed by atoms with E-state index in [0.29, 0.717) is 38.8 Å². The number of hydrogen-bond donors (Lipinski definition) is 2. The molecule has 2 N–H and O–H groups in total. The molecule has 0 heterocycles. The first kappa shape index (κ1) is 92.3. The van der Waals surface area contributed by atoms with E-state index in [4.69, 9.17) is 18.9 Å². The van der Waals surface area contributed by atoms with Crippen molar-refractivity contribution in [3.05, 3.63) is 25.3 Å². The summed E-state index contributed by atoms with van der Waals surface area (Å²) < 4.78 is 20.2. The van der Waals surface area contributed by atoms with E-state index in [-0.39, 0.29) is 50.2 Å². The van der Waals surface area contributed by atoms with E-state index in [0.717, 1.165) is 100 Å². The first-order valence-corrected chi connectivity index (χ1v) is 41.5. The van der Waals surface area contributed by atoms with Crippen LogP contribution in [0.3, 0.4) is 0 Å². The molecule has 12 heteroatoms. The van der Waals surface area contributed by atoms with Gasteiger partial charge in [0.25, 0.3) is 0 Å². The van der Waals surface area contributed by atoms with Crippen molar-refractivity contribution in [2.45, 2.75) is 413 Å². The number of carbonyl (C=O) groups excluding carboxylic acids is 6. The summed E-state index contributed by atoms with van der Waals surface area (Å²) in [6.07, 6.45) is 75.7. The zero-order valence-corrected chi connectivity index (χ0v) is 63.6. The summed E-state index contributed by atoms with van der Waals surface area (Å²) >= 11 is 0. The molecule has 562 valence electrons. The molecule has 0 saturated heterocycles. The van der Waals surface area contributed by atoms with Crippen molar-refractivity contribution >= 4 is 35.7 Å². The van der Waals surface area contributed by atoms with E-state index in [2.05, 4.69) is 51.5 Å². The van der Waals surface area contributed by atoms with Crippen LogP contribution >= 0.6 is 0 Å². The number of nitrogens with one attached hydrogen (secondary N) is 2. The van der Waals surface area contributed by atoms with Crippen molar-refractivity contribution in [3.63, 3.8) is 0 Å². The lowest BCUT2D eigenvalue weighted by Gasteiger charge is -2.28. The van der Waals surface area contributed by atoms with Gasteiger partial charge in [0.1, 0.15) is 26.4 Å². The van der Waals surface area contributed by atoms with Gasteiger partial charge in [-0.1, -0.05) is 375 Å². The Morgan fingerprint density at radius 1 is 0.260 bits per heavy atom. The molecule has 0 aliphatic heterocycles. The number of carbonyl (C=O) groups is 6. The third-order valence-electron chi connectivity index (χ3n) is 20.2. The molecular weight excluding hydrogens is 1200 g/mol. The molecule has 0 aromatic rings. The summed E-state index contributed by atoms with van der Waals surface area (Å²) in [6, 6.07) is 0. The Morgan fingerprint density at radius 3 is 0.667 bits per heavy atom. The number of amides is 2. The van der Waals surface area contributed by atoms with Crippen LogP contribution in [0.2, 0.25) is 0 Å². The molecular formula is C84H156N2O10. The largest absolute Gasteiger partial charge is 0.462 e. The molecule has 2 amide bonds. The highest BCUT2D eigenvalue weighted by molar-refractivity contribution is 5.81. The minimum Gasteiger partial charge on any atom is -0.462 e. The Bertz CT molecular complexity index is 1660. The summed E-state index contributed by atoms with van der Waals surface area (Å²) in [5.74, 6) is 2.08. The highest BCUT2D eigenvalue weighted by atomic mass is 16.6. The molecule has 0 radical (unpaired) electrons. The second kappa shape index (κ2) is 74.0. The van der Waals surface area contributed by atoms with Gasteiger partial charge in [0.15, 0.2) is 0 Å². The minimum atomic E-state index is -0.502. The van der Waals surface area contributed by atoms with E-state index < -0.39 is 11.9 Å². The van der Waals surface area contributed by atoms with E-state index >= 15 is 0 Å². The molecule has 0 fully saturated rings. The zero-order chi connectivity index (χ0) is 70.1. The van der Waals surface area contributed by atoms with Gasteiger partial charge < -0.3 is 29.6 Å². The predicted molar refractivity (Wildman–Crippen MR) is 404 cm³/mol. The van der Waals surface area contributed by atoms with Gasteiger partial charge in [-0.15, -0.1) is 0 Å². The van der Waals surface area contributed by atoms with Crippen molar-refractivity contribution in [1.82, 2.24) is 10.6 Å².